The molecule has 0 aliphatic carbocycles. The van der Waals surface area contributed by atoms with Crippen LogP contribution in [0, 0.1) is 0 Å². The Morgan fingerprint density at radius 2 is 0.741 bits per heavy atom. The molecule has 0 bridgehead atoms. The number of rotatable bonds is 33. The number of hydrogen-bond donors (Lipinski definition) is 0. The highest BCUT2D eigenvalue weighted by atomic mass is 16.6. The largest absolute Gasteiger partial charge is 0.462 e. The second-order valence-electron chi connectivity index (χ2n) is 12.4. The van der Waals surface area contributed by atoms with Crippen LogP contribution in [0.25, 0.3) is 0 Å². The maximum Gasteiger partial charge on any atom is 0.309 e. The van der Waals surface area contributed by atoms with Gasteiger partial charge in [-0.2, -0.15) is 0 Å². The molecule has 298 valence electrons. The first-order chi connectivity index (χ1) is 26.5. The molecule has 0 radical (unpaired) electrons. The van der Waals surface area contributed by atoms with Crippen molar-refractivity contribution in [1.82, 2.24) is 0 Å². The quantitative estimate of drug-likeness (QED) is 0.0288. The topological polar surface area (TPSA) is 78.9 Å². The minimum atomic E-state index is -0.871. The SMILES string of the molecule is CC/C=C\C/C=C\C/C=C\C/C=C\C/C=C\CCC(=O)OCC(COC(=O)C/C=C\C/C=C\C/C=C\CC)OC(=O)CCC/C=C\C/C=C\C/C=C\CC. The summed E-state index contributed by atoms with van der Waals surface area (Å²) in [6.45, 7) is 6.01. The maximum atomic E-state index is 12.6. The van der Waals surface area contributed by atoms with Gasteiger partial charge in [0.1, 0.15) is 13.2 Å². The third kappa shape index (κ3) is 38.8. The van der Waals surface area contributed by atoms with Gasteiger partial charge in [0.15, 0.2) is 6.10 Å². The Hall–Kier alpha value is -4.45. The molecule has 0 aromatic carbocycles. The molecule has 0 aliphatic heterocycles. The van der Waals surface area contributed by atoms with Crippen molar-refractivity contribution in [2.45, 2.75) is 136 Å². The second-order valence-corrected chi connectivity index (χ2v) is 12.4. The van der Waals surface area contributed by atoms with Crippen LogP contribution in [0.15, 0.2) is 134 Å². The number of unbranched alkanes of at least 4 members (excludes halogenated alkanes) is 1. The highest BCUT2D eigenvalue weighted by Gasteiger charge is 2.19. The van der Waals surface area contributed by atoms with E-state index in [-0.39, 0.29) is 32.5 Å². The zero-order valence-corrected chi connectivity index (χ0v) is 33.7. The van der Waals surface area contributed by atoms with Crippen molar-refractivity contribution in [1.29, 1.82) is 0 Å². The van der Waals surface area contributed by atoms with Gasteiger partial charge >= 0.3 is 17.9 Å². The van der Waals surface area contributed by atoms with E-state index in [1.54, 1.807) is 6.08 Å². The summed E-state index contributed by atoms with van der Waals surface area (Å²) in [4.78, 5) is 37.4. The number of esters is 3. The molecule has 6 heteroatoms. The van der Waals surface area contributed by atoms with Crippen molar-refractivity contribution in [2.75, 3.05) is 13.2 Å². The van der Waals surface area contributed by atoms with Gasteiger partial charge in [0.25, 0.3) is 0 Å². The molecule has 6 nitrogen and oxygen atoms in total. The normalized spacial score (nSPS) is 13.5. The maximum absolute atomic E-state index is 12.6. The summed E-state index contributed by atoms with van der Waals surface area (Å²) in [5.41, 5.74) is 0. The van der Waals surface area contributed by atoms with Crippen LogP contribution in [0.3, 0.4) is 0 Å². The molecule has 0 fully saturated rings. The second kappa shape index (κ2) is 41.3. The van der Waals surface area contributed by atoms with E-state index in [0.29, 0.717) is 12.8 Å². The van der Waals surface area contributed by atoms with Gasteiger partial charge in [-0.05, 0) is 89.9 Å². The van der Waals surface area contributed by atoms with Gasteiger partial charge in [0.2, 0.25) is 0 Å². The van der Waals surface area contributed by atoms with Gasteiger partial charge in [0.05, 0.1) is 6.42 Å². The molecular weight excluding hydrogens is 673 g/mol. The van der Waals surface area contributed by atoms with Gasteiger partial charge in [-0.3, -0.25) is 14.4 Å². The van der Waals surface area contributed by atoms with Gasteiger partial charge in [-0.15, -0.1) is 0 Å². The zero-order chi connectivity index (χ0) is 39.4. The summed E-state index contributed by atoms with van der Waals surface area (Å²) in [7, 11) is 0. The van der Waals surface area contributed by atoms with E-state index in [2.05, 4.69) is 124 Å². The molecule has 0 aromatic heterocycles. The molecule has 0 spiro atoms. The van der Waals surface area contributed by atoms with Crippen molar-refractivity contribution in [2.24, 2.45) is 0 Å². The fraction of sp³-hybridized carbons (Fsp3) is 0.479. The molecule has 54 heavy (non-hydrogen) atoms. The molecular formula is C48H70O6. The van der Waals surface area contributed by atoms with E-state index < -0.39 is 24.0 Å². The molecule has 0 rings (SSSR count). The van der Waals surface area contributed by atoms with E-state index in [9.17, 15) is 14.4 Å². The molecule has 0 aliphatic rings. The van der Waals surface area contributed by atoms with Gasteiger partial charge in [0, 0.05) is 12.8 Å². The third-order valence-electron chi connectivity index (χ3n) is 7.43. The summed E-state index contributed by atoms with van der Waals surface area (Å²) >= 11 is 0. The molecule has 0 N–H and O–H groups in total. The molecule has 0 saturated heterocycles. The summed E-state index contributed by atoms with van der Waals surface area (Å²) < 4.78 is 16.4. The van der Waals surface area contributed by atoms with E-state index in [4.69, 9.17) is 14.2 Å². The van der Waals surface area contributed by atoms with Crippen molar-refractivity contribution < 1.29 is 28.6 Å². The summed E-state index contributed by atoms with van der Waals surface area (Å²) in [5, 5.41) is 0. The summed E-state index contributed by atoms with van der Waals surface area (Å²) in [6.07, 6.45) is 57.8. The smallest absolute Gasteiger partial charge is 0.309 e. The molecule has 1 unspecified atom stereocenters. The van der Waals surface area contributed by atoms with Crippen LogP contribution < -0.4 is 0 Å². The van der Waals surface area contributed by atoms with E-state index in [1.165, 1.54) is 0 Å². The monoisotopic (exact) mass is 743 g/mol. The fourth-order valence-corrected chi connectivity index (χ4v) is 4.51. The van der Waals surface area contributed by atoms with Crippen LogP contribution in [0.5, 0.6) is 0 Å². The lowest BCUT2D eigenvalue weighted by Crippen LogP contribution is -2.30. The van der Waals surface area contributed by atoms with Crippen LogP contribution in [0.1, 0.15) is 130 Å². The van der Waals surface area contributed by atoms with Crippen molar-refractivity contribution in [3.05, 3.63) is 134 Å². The molecule has 0 amide bonds. The average Bonchev–Trinajstić information content (AvgIpc) is 3.17. The van der Waals surface area contributed by atoms with Crippen LogP contribution in [0.4, 0.5) is 0 Å². The van der Waals surface area contributed by atoms with E-state index in [0.717, 1.165) is 77.0 Å². The fourth-order valence-electron chi connectivity index (χ4n) is 4.51. The minimum Gasteiger partial charge on any atom is -0.462 e. The molecule has 0 saturated carbocycles. The standard InChI is InChI=1S/C48H70O6/c1-4-7-10-13-16-19-21-22-23-24-25-27-29-32-35-38-41-47(50)53-44-45(43-52-46(49)40-37-34-31-28-18-15-12-9-6-3)54-48(51)42-39-36-33-30-26-20-17-14-11-8-5-2/h7-12,16-20,22-23,25,27-28,30,32-35,37,45H,4-6,13-15,21,24,26,29,31,36,38-44H2,1-3H3/b10-7-,11-8-,12-9-,19-16-,20-17-,23-22-,27-25-,28-18-,33-30-,35-32-,37-34-. The van der Waals surface area contributed by atoms with Gasteiger partial charge in [-0.25, -0.2) is 0 Å². The molecule has 0 heterocycles. The van der Waals surface area contributed by atoms with E-state index >= 15 is 0 Å². The Morgan fingerprint density at radius 3 is 1.17 bits per heavy atom. The van der Waals surface area contributed by atoms with Crippen molar-refractivity contribution in [3.8, 4) is 0 Å². The number of allylic oxidation sites excluding steroid dienone is 21. The van der Waals surface area contributed by atoms with Crippen LogP contribution in [-0.2, 0) is 28.6 Å². The highest BCUT2D eigenvalue weighted by molar-refractivity contribution is 5.72. The third-order valence-corrected chi connectivity index (χ3v) is 7.43. The number of carbonyl (C=O) groups is 3. The summed E-state index contributed by atoms with van der Waals surface area (Å²) in [6, 6.07) is 0. The lowest BCUT2D eigenvalue weighted by Gasteiger charge is -2.18. The number of carbonyl (C=O) groups excluding carboxylic acids is 3. The first kappa shape index (κ1) is 49.6. The molecule has 1 atom stereocenters. The highest BCUT2D eigenvalue weighted by Crippen LogP contribution is 2.07. The number of ether oxygens (including phenoxy) is 3. The first-order valence-corrected chi connectivity index (χ1v) is 20.2. The summed E-state index contributed by atoms with van der Waals surface area (Å²) in [5.74, 6) is -1.25. The lowest BCUT2D eigenvalue weighted by molar-refractivity contribution is -0.166. The predicted octanol–water partition coefficient (Wildman–Crippen LogP) is 12.8. The van der Waals surface area contributed by atoms with Crippen LogP contribution >= 0.6 is 0 Å². The Kier molecular flexibility index (Phi) is 37.9. The predicted molar refractivity (Wildman–Crippen MR) is 228 cm³/mol. The minimum absolute atomic E-state index is 0.105. The van der Waals surface area contributed by atoms with Gasteiger partial charge in [-0.1, -0.05) is 154 Å². The van der Waals surface area contributed by atoms with Crippen LogP contribution in [0.2, 0.25) is 0 Å². The Balaban J connectivity index is 4.66. The Labute approximate surface area is 328 Å². The van der Waals surface area contributed by atoms with Crippen molar-refractivity contribution >= 4 is 17.9 Å². The average molecular weight is 743 g/mol. The number of hydrogen-bond acceptors (Lipinski definition) is 6. The lowest BCUT2D eigenvalue weighted by atomic mass is 10.2. The van der Waals surface area contributed by atoms with Crippen molar-refractivity contribution in [3.63, 3.8) is 0 Å². The Bertz CT molecular complexity index is 1270. The van der Waals surface area contributed by atoms with Crippen LogP contribution in [-0.4, -0.2) is 37.2 Å². The zero-order valence-electron chi connectivity index (χ0n) is 33.7. The first-order valence-electron chi connectivity index (χ1n) is 20.2. The van der Waals surface area contributed by atoms with Gasteiger partial charge < -0.3 is 14.2 Å². The Morgan fingerprint density at radius 1 is 0.389 bits per heavy atom. The van der Waals surface area contributed by atoms with E-state index in [1.807, 2.05) is 24.3 Å². The molecule has 0 aromatic rings.